The van der Waals surface area contributed by atoms with E-state index in [1.165, 1.54) is 24.9 Å². The molecule has 2 aliphatic heterocycles. The van der Waals surface area contributed by atoms with Gasteiger partial charge >= 0.3 is 0 Å². The number of benzene rings is 1. The third-order valence-corrected chi connectivity index (χ3v) is 5.99. The van der Waals surface area contributed by atoms with E-state index in [9.17, 15) is 5.11 Å². The fraction of sp³-hybridized carbons (Fsp3) is 0.571. The highest BCUT2D eigenvalue weighted by Gasteiger charge is 2.28. The van der Waals surface area contributed by atoms with Gasteiger partial charge < -0.3 is 5.11 Å². The lowest BCUT2D eigenvalue weighted by molar-refractivity contribution is 0.0544. The molecule has 26 heavy (non-hydrogen) atoms. The zero-order chi connectivity index (χ0) is 17.8. The monoisotopic (exact) mass is 354 g/mol. The molecule has 140 valence electrons. The number of nitrogens with zero attached hydrogens (tertiary/aromatic N) is 4. The van der Waals surface area contributed by atoms with Crippen LogP contribution in [0.15, 0.2) is 42.7 Å². The Kier molecular flexibility index (Phi) is 5.68. The standard InChI is InChI=1S/C21H30N4O/c26-17-18-7-12-24(13-8-18)21-6-2-10-23(16-21)15-19-4-1-5-20(14-19)25-11-3-9-22-25/h1,3-5,9,11,14,18,21,26H,2,6-8,10,12-13,15-17H2/t21-/m0/s1. The predicted molar refractivity (Wildman–Crippen MR) is 103 cm³/mol. The van der Waals surface area contributed by atoms with Gasteiger partial charge in [-0.25, -0.2) is 4.68 Å². The van der Waals surface area contributed by atoms with Crippen molar-refractivity contribution in [2.45, 2.75) is 38.3 Å². The second-order valence-corrected chi connectivity index (χ2v) is 7.81. The molecule has 5 nitrogen and oxygen atoms in total. The van der Waals surface area contributed by atoms with E-state index in [1.54, 1.807) is 0 Å². The van der Waals surface area contributed by atoms with Gasteiger partial charge in [0, 0.05) is 38.1 Å². The van der Waals surface area contributed by atoms with Crippen molar-refractivity contribution in [3.8, 4) is 5.69 Å². The number of piperidine rings is 2. The summed E-state index contributed by atoms with van der Waals surface area (Å²) < 4.78 is 1.92. The van der Waals surface area contributed by atoms with Gasteiger partial charge in [0.05, 0.1) is 5.69 Å². The predicted octanol–water partition coefficient (Wildman–Crippen LogP) is 2.54. The largest absolute Gasteiger partial charge is 0.396 e. The van der Waals surface area contributed by atoms with Crippen molar-refractivity contribution in [1.82, 2.24) is 19.6 Å². The van der Waals surface area contributed by atoms with Crippen molar-refractivity contribution in [3.63, 3.8) is 0 Å². The minimum Gasteiger partial charge on any atom is -0.396 e. The van der Waals surface area contributed by atoms with Crippen LogP contribution in [0.1, 0.15) is 31.2 Å². The van der Waals surface area contributed by atoms with E-state index in [-0.39, 0.29) is 0 Å². The number of likely N-dealkylation sites (tertiary alicyclic amines) is 2. The molecule has 0 radical (unpaired) electrons. The Labute approximate surface area is 156 Å². The van der Waals surface area contributed by atoms with Crippen molar-refractivity contribution in [2.24, 2.45) is 5.92 Å². The smallest absolute Gasteiger partial charge is 0.0648 e. The van der Waals surface area contributed by atoms with E-state index in [0.717, 1.165) is 44.7 Å². The molecular weight excluding hydrogens is 324 g/mol. The summed E-state index contributed by atoms with van der Waals surface area (Å²) in [5, 5.41) is 13.7. The summed E-state index contributed by atoms with van der Waals surface area (Å²) in [6, 6.07) is 11.4. The molecule has 2 saturated heterocycles. The third-order valence-electron chi connectivity index (χ3n) is 5.99. The molecule has 1 atom stereocenters. The minimum atomic E-state index is 0.358. The molecule has 4 rings (SSSR count). The van der Waals surface area contributed by atoms with Gasteiger partial charge in [-0.1, -0.05) is 12.1 Å². The molecule has 5 heteroatoms. The molecule has 0 aliphatic carbocycles. The van der Waals surface area contributed by atoms with E-state index in [2.05, 4.69) is 39.2 Å². The van der Waals surface area contributed by atoms with E-state index >= 15 is 0 Å². The van der Waals surface area contributed by atoms with Gasteiger partial charge in [0.25, 0.3) is 0 Å². The Morgan fingerprint density at radius 3 is 2.73 bits per heavy atom. The highest BCUT2D eigenvalue weighted by molar-refractivity contribution is 5.35. The maximum Gasteiger partial charge on any atom is 0.0648 e. The normalized spacial score (nSPS) is 23.3. The second kappa shape index (κ2) is 8.33. The van der Waals surface area contributed by atoms with Gasteiger partial charge in [0.2, 0.25) is 0 Å². The zero-order valence-electron chi connectivity index (χ0n) is 15.5. The maximum absolute atomic E-state index is 9.35. The van der Waals surface area contributed by atoms with E-state index < -0.39 is 0 Å². The summed E-state index contributed by atoms with van der Waals surface area (Å²) in [4.78, 5) is 5.27. The number of hydrogen-bond acceptors (Lipinski definition) is 4. The van der Waals surface area contributed by atoms with Crippen molar-refractivity contribution >= 4 is 0 Å². The molecular formula is C21H30N4O. The first-order valence-electron chi connectivity index (χ1n) is 9.98. The lowest BCUT2D eigenvalue weighted by Gasteiger charge is -2.42. The summed E-state index contributed by atoms with van der Waals surface area (Å²) in [6.45, 7) is 6.03. The van der Waals surface area contributed by atoms with Crippen molar-refractivity contribution < 1.29 is 5.11 Å². The summed E-state index contributed by atoms with van der Waals surface area (Å²) in [6.07, 6.45) is 8.71. The minimum absolute atomic E-state index is 0.358. The van der Waals surface area contributed by atoms with Crippen LogP contribution >= 0.6 is 0 Å². The third kappa shape index (κ3) is 4.17. The molecule has 0 saturated carbocycles. The highest BCUT2D eigenvalue weighted by atomic mass is 16.3. The Bertz CT molecular complexity index is 679. The fourth-order valence-corrected chi connectivity index (χ4v) is 4.45. The average molecular weight is 354 g/mol. The Balaban J connectivity index is 1.36. The van der Waals surface area contributed by atoms with Crippen molar-refractivity contribution in [1.29, 1.82) is 0 Å². The molecule has 1 aromatic heterocycles. The summed E-state index contributed by atoms with van der Waals surface area (Å²) >= 11 is 0. The number of aliphatic hydroxyl groups excluding tert-OH is 1. The molecule has 1 N–H and O–H groups in total. The molecule has 2 aliphatic rings. The summed E-state index contributed by atoms with van der Waals surface area (Å²) in [5.41, 5.74) is 2.49. The Hall–Kier alpha value is -1.69. The van der Waals surface area contributed by atoms with Crippen LogP contribution in [0.4, 0.5) is 0 Å². The van der Waals surface area contributed by atoms with Crippen LogP contribution in [0.5, 0.6) is 0 Å². The molecule has 2 fully saturated rings. The molecule has 2 aromatic rings. The molecule has 0 amide bonds. The van der Waals surface area contributed by atoms with Crippen molar-refractivity contribution in [2.75, 3.05) is 32.8 Å². The van der Waals surface area contributed by atoms with Crippen LogP contribution in [-0.4, -0.2) is 63.5 Å². The highest BCUT2D eigenvalue weighted by Crippen LogP contribution is 2.24. The van der Waals surface area contributed by atoms with Gasteiger partial charge in [-0.05, 0) is 75.0 Å². The Morgan fingerprint density at radius 1 is 1.08 bits per heavy atom. The van der Waals surface area contributed by atoms with Crippen LogP contribution in [0.3, 0.4) is 0 Å². The number of aromatic nitrogens is 2. The van der Waals surface area contributed by atoms with Crippen LogP contribution in [0, 0.1) is 5.92 Å². The van der Waals surface area contributed by atoms with Gasteiger partial charge in [0.1, 0.15) is 0 Å². The first kappa shape index (κ1) is 17.7. The zero-order valence-corrected chi connectivity index (χ0v) is 15.5. The molecule has 0 spiro atoms. The van der Waals surface area contributed by atoms with Gasteiger partial charge in [0.15, 0.2) is 0 Å². The van der Waals surface area contributed by atoms with Gasteiger partial charge in [-0.15, -0.1) is 0 Å². The Morgan fingerprint density at radius 2 is 1.96 bits per heavy atom. The van der Waals surface area contributed by atoms with Crippen LogP contribution in [0.2, 0.25) is 0 Å². The molecule has 0 unspecified atom stereocenters. The van der Waals surface area contributed by atoms with Crippen molar-refractivity contribution in [3.05, 3.63) is 48.3 Å². The van der Waals surface area contributed by atoms with E-state index in [1.807, 2.05) is 23.1 Å². The molecule has 1 aromatic carbocycles. The SMILES string of the molecule is OCC1CCN([C@H]2CCCN(Cc3cccc(-n4cccn4)c3)C2)CC1. The first-order chi connectivity index (χ1) is 12.8. The fourth-order valence-electron chi connectivity index (χ4n) is 4.45. The van der Waals surface area contributed by atoms with Gasteiger partial charge in [-0.2, -0.15) is 5.10 Å². The topological polar surface area (TPSA) is 44.5 Å². The van der Waals surface area contributed by atoms with Gasteiger partial charge in [-0.3, -0.25) is 9.80 Å². The lowest BCUT2D eigenvalue weighted by atomic mass is 9.94. The quantitative estimate of drug-likeness (QED) is 0.896. The summed E-state index contributed by atoms with van der Waals surface area (Å²) in [7, 11) is 0. The van der Waals surface area contributed by atoms with E-state index in [0.29, 0.717) is 18.6 Å². The second-order valence-electron chi connectivity index (χ2n) is 7.81. The number of aliphatic hydroxyl groups is 1. The number of hydrogen-bond donors (Lipinski definition) is 1. The number of rotatable bonds is 5. The first-order valence-corrected chi connectivity index (χ1v) is 9.98. The maximum atomic E-state index is 9.35. The van der Waals surface area contributed by atoms with E-state index in [4.69, 9.17) is 0 Å². The van der Waals surface area contributed by atoms with Crippen LogP contribution in [-0.2, 0) is 6.54 Å². The average Bonchev–Trinajstić information content (AvgIpc) is 3.23. The van der Waals surface area contributed by atoms with Crippen LogP contribution < -0.4 is 0 Å². The summed E-state index contributed by atoms with van der Waals surface area (Å²) in [5.74, 6) is 0.524. The molecule has 0 bridgehead atoms. The lowest BCUT2D eigenvalue weighted by Crippen LogP contribution is -2.50. The molecule has 3 heterocycles. The van der Waals surface area contributed by atoms with Crippen LogP contribution in [0.25, 0.3) is 5.69 Å².